The number of piperidine rings is 1. The molecule has 2 N–H and O–H groups in total. The SMILES string of the molecule is C1CNC2CNC[C@@H]2C1. The number of hydrogen-bond acceptors (Lipinski definition) is 2. The Kier molecular flexibility index (Phi) is 1.44. The molecule has 52 valence electrons. The molecule has 2 fully saturated rings. The summed E-state index contributed by atoms with van der Waals surface area (Å²) >= 11 is 0. The molecule has 2 heteroatoms. The highest BCUT2D eigenvalue weighted by atomic mass is 15.0. The highest BCUT2D eigenvalue weighted by Gasteiger charge is 2.28. The van der Waals surface area contributed by atoms with E-state index in [1.165, 1.54) is 32.5 Å². The first-order chi connectivity index (χ1) is 4.47. The first-order valence-electron chi connectivity index (χ1n) is 3.91. The third-order valence-electron chi connectivity index (χ3n) is 2.50. The van der Waals surface area contributed by atoms with E-state index >= 15 is 0 Å². The van der Waals surface area contributed by atoms with Crippen LogP contribution < -0.4 is 10.6 Å². The molecular weight excluding hydrogens is 112 g/mol. The Morgan fingerprint density at radius 1 is 1.22 bits per heavy atom. The average molecular weight is 126 g/mol. The molecule has 0 aromatic heterocycles. The predicted molar refractivity (Wildman–Crippen MR) is 37.4 cm³/mol. The molecule has 0 saturated carbocycles. The monoisotopic (exact) mass is 126 g/mol. The van der Waals surface area contributed by atoms with Gasteiger partial charge in [-0.3, -0.25) is 0 Å². The van der Waals surface area contributed by atoms with Gasteiger partial charge >= 0.3 is 0 Å². The van der Waals surface area contributed by atoms with Gasteiger partial charge in [0, 0.05) is 12.6 Å². The van der Waals surface area contributed by atoms with Crippen molar-refractivity contribution < 1.29 is 0 Å². The molecule has 0 aromatic carbocycles. The van der Waals surface area contributed by atoms with Gasteiger partial charge in [-0.2, -0.15) is 0 Å². The molecule has 0 radical (unpaired) electrons. The zero-order valence-corrected chi connectivity index (χ0v) is 5.69. The number of fused-ring (bicyclic) bond motifs is 1. The van der Waals surface area contributed by atoms with Crippen LogP contribution >= 0.6 is 0 Å². The highest BCUT2D eigenvalue weighted by Crippen LogP contribution is 2.18. The molecular formula is C7H14N2. The van der Waals surface area contributed by atoms with Crippen LogP contribution in [-0.4, -0.2) is 25.7 Å². The van der Waals surface area contributed by atoms with Crippen molar-refractivity contribution in [1.82, 2.24) is 10.6 Å². The summed E-state index contributed by atoms with van der Waals surface area (Å²) in [6.07, 6.45) is 2.81. The summed E-state index contributed by atoms with van der Waals surface area (Å²) < 4.78 is 0. The summed E-state index contributed by atoms with van der Waals surface area (Å²) in [4.78, 5) is 0. The molecule has 2 aliphatic heterocycles. The van der Waals surface area contributed by atoms with Crippen molar-refractivity contribution in [3.8, 4) is 0 Å². The first kappa shape index (κ1) is 5.69. The van der Waals surface area contributed by atoms with Crippen molar-refractivity contribution in [3.05, 3.63) is 0 Å². The van der Waals surface area contributed by atoms with Crippen LogP contribution in [0.1, 0.15) is 12.8 Å². The van der Waals surface area contributed by atoms with Gasteiger partial charge in [0.1, 0.15) is 0 Å². The molecule has 2 atom stereocenters. The maximum atomic E-state index is 3.52. The van der Waals surface area contributed by atoms with Gasteiger partial charge in [-0.25, -0.2) is 0 Å². The molecule has 0 aromatic rings. The Bertz CT molecular complexity index is 91.1. The summed E-state index contributed by atoms with van der Waals surface area (Å²) in [5.41, 5.74) is 0. The van der Waals surface area contributed by atoms with Crippen LogP contribution in [0.4, 0.5) is 0 Å². The highest BCUT2D eigenvalue weighted by molar-refractivity contribution is 4.89. The Labute approximate surface area is 56.0 Å². The normalized spacial score (nSPS) is 42.7. The molecule has 9 heavy (non-hydrogen) atoms. The van der Waals surface area contributed by atoms with Crippen molar-refractivity contribution >= 4 is 0 Å². The van der Waals surface area contributed by atoms with E-state index in [1.54, 1.807) is 0 Å². The quantitative estimate of drug-likeness (QED) is 0.476. The summed E-state index contributed by atoms with van der Waals surface area (Å²) in [5.74, 6) is 0.943. The predicted octanol–water partition coefficient (Wildman–Crippen LogP) is -0.0422. The van der Waals surface area contributed by atoms with Gasteiger partial charge in [0.15, 0.2) is 0 Å². The molecule has 2 heterocycles. The lowest BCUT2D eigenvalue weighted by Gasteiger charge is -2.24. The topological polar surface area (TPSA) is 24.1 Å². The number of nitrogens with one attached hydrogen (secondary N) is 2. The molecule has 0 aliphatic carbocycles. The molecule has 2 aliphatic rings. The molecule has 1 unspecified atom stereocenters. The van der Waals surface area contributed by atoms with Gasteiger partial charge in [-0.05, 0) is 31.8 Å². The van der Waals surface area contributed by atoms with Crippen molar-refractivity contribution in [2.45, 2.75) is 18.9 Å². The minimum absolute atomic E-state index is 0.804. The van der Waals surface area contributed by atoms with Gasteiger partial charge in [0.2, 0.25) is 0 Å². The summed E-state index contributed by atoms with van der Waals surface area (Å²) in [6, 6.07) is 0.804. The Balaban J connectivity index is 1.97. The number of hydrogen-bond donors (Lipinski definition) is 2. The largest absolute Gasteiger partial charge is 0.315 e. The van der Waals surface area contributed by atoms with Crippen molar-refractivity contribution in [2.75, 3.05) is 19.6 Å². The van der Waals surface area contributed by atoms with Crippen molar-refractivity contribution in [3.63, 3.8) is 0 Å². The molecule has 2 rings (SSSR count). The van der Waals surface area contributed by atoms with Crippen molar-refractivity contribution in [2.24, 2.45) is 5.92 Å². The molecule has 0 spiro atoms. The maximum absolute atomic E-state index is 3.52. The smallest absolute Gasteiger partial charge is 0.0232 e. The second kappa shape index (κ2) is 2.27. The van der Waals surface area contributed by atoms with Crippen LogP contribution in [-0.2, 0) is 0 Å². The fourth-order valence-electron chi connectivity index (χ4n) is 1.93. The van der Waals surface area contributed by atoms with E-state index in [2.05, 4.69) is 10.6 Å². The molecule has 2 nitrogen and oxygen atoms in total. The van der Waals surface area contributed by atoms with E-state index in [9.17, 15) is 0 Å². The average Bonchev–Trinajstić information content (AvgIpc) is 2.33. The fourth-order valence-corrected chi connectivity index (χ4v) is 1.93. The Morgan fingerprint density at radius 3 is 3.11 bits per heavy atom. The Hall–Kier alpha value is -0.0800. The van der Waals surface area contributed by atoms with Crippen LogP contribution in [0.2, 0.25) is 0 Å². The zero-order valence-electron chi connectivity index (χ0n) is 5.69. The van der Waals surface area contributed by atoms with Gasteiger partial charge in [0.25, 0.3) is 0 Å². The van der Waals surface area contributed by atoms with Gasteiger partial charge in [0.05, 0.1) is 0 Å². The maximum Gasteiger partial charge on any atom is 0.0232 e. The van der Waals surface area contributed by atoms with Gasteiger partial charge in [-0.1, -0.05) is 0 Å². The zero-order chi connectivity index (χ0) is 6.10. The van der Waals surface area contributed by atoms with Gasteiger partial charge < -0.3 is 10.6 Å². The third kappa shape index (κ3) is 0.970. The second-order valence-corrected chi connectivity index (χ2v) is 3.12. The summed E-state index contributed by atoms with van der Waals surface area (Å²) in [7, 11) is 0. The van der Waals surface area contributed by atoms with Gasteiger partial charge in [-0.15, -0.1) is 0 Å². The standard InChI is InChI=1S/C7H14N2/c1-2-6-4-8-5-7(6)9-3-1/h6-9H,1-5H2/t6-,7?/m0/s1. The van der Waals surface area contributed by atoms with E-state index in [1.807, 2.05) is 0 Å². The van der Waals surface area contributed by atoms with E-state index in [0.29, 0.717) is 0 Å². The molecule has 0 bridgehead atoms. The lowest BCUT2D eigenvalue weighted by molar-refractivity contribution is 0.339. The third-order valence-corrected chi connectivity index (χ3v) is 2.50. The second-order valence-electron chi connectivity index (χ2n) is 3.12. The van der Waals surface area contributed by atoms with Crippen LogP contribution in [0.15, 0.2) is 0 Å². The molecule has 0 amide bonds. The Morgan fingerprint density at radius 2 is 2.22 bits per heavy atom. The van der Waals surface area contributed by atoms with Crippen LogP contribution in [0.3, 0.4) is 0 Å². The number of rotatable bonds is 0. The minimum atomic E-state index is 0.804. The lowest BCUT2D eigenvalue weighted by atomic mass is 9.94. The van der Waals surface area contributed by atoms with Crippen molar-refractivity contribution in [1.29, 1.82) is 0 Å². The van der Waals surface area contributed by atoms with E-state index < -0.39 is 0 Å². The van der Waals surface area contributed by atoms with Crippen LogP contribution in [0.25, 0.3) is 0 Å². The lowest BCUT2D eigenvalue weighted by Crippen LogP contribution is -2.40. The van der Waals surface area contributed by atoms with E-state index in [4.69, 9.17) is 0 Å². The fraction of sp³-hybridized carbons (Fsp3) is 1.00. The minimum Gasteiger partial charge on any atom is -0.315 e. The van der Waals surface area contributed by atoms with E-state index in [-0.39, 0.29) is 0 Å². The molecule has 2 saturated heterocycles. The van der Waals surface area contributed by atoms with E-state index in [0.717, 1.165) is 12.0 Å². The summed E-state index contributed by atoms with van der Waals surface area (Å²) in [6.45, 7) is 3.69. The van der Waals surface area contributed by atoms with Crippen LogP contribution in [0.5, 0.6) is 0 Å². The summed E-state index contributed by atoms with van der Waals surface area (Å²) in [5, 5.41) is 6.92. The van der Waals surface area contributed by atoms with Crippen LogP contribution in [0, 0.1) is 5.92 Å². The first-order valence-corrected chi connectivity index (χ1v) is 3.91.